The fourth-order valence-electron chi connectivity index (χ4n) is 4.48. The Morgan fingerprint density at radius 2 is 1.97 bits per heavy atom. The molecular formula is C22H28N2O4S2. The number of sulfonamides is 1. The van der Waals surface area contributed by atoms with Crippen LogP contribution in [0.25, 0.3) is 0 Å². The summed E-state index contributed by atoms with van der Waals surface area (Å²) in [5.74, 6) is -0.448. The van der Waals surface area contributed by atoms with E-state index in [2.05, 4.69) is 5.32 Å². The number of amides is 1. The minimum atomic E-state index is -3.51. The van der Waals surface area contributed by atoms with Crippen LogP contribution in [0.1, 0.15) is 28.8 Å². The van der Waals surface area contributed by atoms with Crippen molar-refractivity contribution < 1.29 is 17.9 Å². The lowest BCUT2D eigenvalue weighted by Gasteiger charge is -2.37. The molecule has 2 saturated heterocycles. The lowest BCUT2D eigenvalue weighted by atomic mass is 9.72. The van der Waals surface area contributed by atoms with Gasteiger partial charge in [0.25, 0.3) is 0 Å². The van der Waals surface area contributed by atoms with E-state index in [-0.39, 0.29) is 29.5 Å². The molecule has 1 atom stereocenters. The van der Waals surface area contributed by atoms with Crippen LogP contribution in [-0.4, -0.2) is 44.9 Å². The van der Waals surface area contributed by atoms with Gasteiger partial charge in [0.1, 0.15) is 0 Å². The van der Waals surface area contributed by atoms with Gasteiger partial charge >= 0.3 is 0 Å². The molecule has 1 aromatic heterocycles. The number of ether oxygens (including phenoxy) is 1. The summed E-state index contributed by atoms with van der Waals surface area (Å²) in [6.45, 7) is 4.23. The van der Waals surface area contributed by atoms with Gasteiger partial charge in [-0.1, -0.05) is 35.9 Å². The zero-order valence-electron chi connectivity index (χ0n) is 17.2. The van der Waals surface area contributed by atoms with Gasteiger partial charge < -0.3 is 10.1 Å². The number of carbonyl (C=O) groups excluding carboxylic acids is 1. The predicted molar refractivity (Wildman–Crippen MR) is 118 cm³/mol. The number of nitrogens with zero attached hydrogens (tertiary/aromatic N) is 1. The molecule has 0 radical (unpaired) electrons. The number of hydrogen-bond donors (Lipinski definition) is 1. The summed E-state index contributed by atoms with van der Waals surface area (Å²) in [6.07, 6.45) is 1.42. The molecule has 1 N–H and O–H groups in total. The van der Waals surface area contributed by atoms with E-state index in [1.807, 2.05) is 48.7 Å². The molecule has 2 aliphatic heterocycles. The zero-order valence-corrected chi connectivity index (χ0v) is 18.8. The molecular weight excluding hydrogens is 420 g/mol. The monoisotopic (exact) mass is 448 g/mol. The smallest absolute Gasteiger partial charge is 0.225 e. The SMILES string of the molecule is Cc1ccc(CS(=O)(=O)N2C[C@@H](C(=O)NCc3cccs3)C3(CCOCC3)C2)cc1. The van der Waals surface area contributed by atoms with Crippen molar-refractivity contribution in [2.75, 3.05) is 26.3 Å². The Balaban J connectivity index is 1.51. The van der Waals surface area contributed by atoms with Crippen molar-refractivity contribution in [3.63, 3.8) is 0 Å². The van der Waals surface area contributed by atoms with Gasteiger partial charge in [0.05, 0.1) is 18.2 Å². The lowest BCUT2D eigenvalue weighted by Crippen LogP contribution is -2.44. The molecule has 2 aromatic rings. The van der Waals surface area contributed by atoms with E-state index in [0.29, 0.717) is 39.1 Å². The molecule has 0 unspecified atom stereocenters. The van der Waals surface area contributed by atoms with Gasteiger partial charge in [-0.05, 0) is 36.8 Å². The van der Waals surface area contributed by atoms with Gasteiger partial charge in [-0.25, -0.2) is 12.7 Å². The fraction of sp³-hybridized carbons (Fsp3) is 0.500. The van der Waals surface area contributed by atoms with Crippen molar-refractivity contribution >= 4 is 27.3 Å². The molecule has 2 fully saturated rings. The Kier molecular flexibility index (Phi) is 6.29. The molecule has 1 aromatic carbocycles. The van der Waals surface area contributed by atoms with E-state index in [9.17, 15) is 13.2 Å². The van der Waals surface area contributed by atoms with Gasteiger partial charge in [-0.3, -0.25) is 4.79 Å². The lowest BCUT2D eigenvalue weighted by molar-refractivity contribution is -0.130. The van der Waals surface area contributed by atoms with Crippen LogP contribution in [0.4, 0.5) is 0 Å². The molecule has 0 saturated carbocycles. The van der Waals surface area contributed by atoms with E-state index in [1.165, 1.54) is 4.31 Å². The highest BCUT2D eigenvalue weighted by atomic mass is 32.2. The predicted octanol–water partition coefficient (Wildman–Crippen LogP) is 2.93. The molecule has 2 aliphatic rings. The normalized spacial score (nSPS) is 21.7. The number of thiophene rings is 1. The topological polar surface area (TPSA) is 75.7 Å². The molecule has 6 nitrogen and oxygen atoms in total. The van der Waals surface area contributed by atoms with Crippen LogP contribution in [0.2, 0.25) is 0 Å². The summed E-state index contributed by atoms with van der Waals surface area (Å²) in [4.78, 5) is 14.2. The second kappa shape index (κ2) is 8.78. The molecule has 4 rings (SSSR count). The summed E-state index contributed by atoms with van der Waals surface area (Å²) < 4.78 is 33.4. The maximum Gasteiger partial charge on any atom is 0.225 e. The fourth-order valence-corrected chi connectivity index (χ4v) is 6.75. The highest BCUT2D eigenvalue weighted by molar-refractivity contribution is 7.88. The van der Waals surface area contributed by atoms with E-state index in [4.69, 9.17) is 4.74 Å². The number of carbonyl (C=O) groups is 1. The van der Waals surface area contributed by atoms with Crippen LogP contribution in [0.5, 0.6) is 0 Å². The van der Waals surface area contributed by atoms with Crippen molar-refractivity contribution in [2.24, 2.45) is 11.3 Å². The highest BCUT2D eigenvalue weighted by Gasteiger charge is 2.53. The molecule has 0 aliphatic carbocycles. The molecule has 1 spiro atoms. The van der Waals surface area contributed by atoms with Gasteiger partial charge in [0, 0.05) is 36.6 Å². The quantitative estimate of drug-likeness (QED) is 0.737. The average molecular weight is 449 g/mol. The first kappa shape index (κ1) is 21.5. The van der Waals surface area contributed by atoms with E-state index in [0.717, 1.165) is 16.0 Å². The van der Waals surface area contributed by atoms with E-state index < -0.39 is 10.0 Å². The maximum absolute atomic E-state index is 13.2. The Morgan fingerprint density at radius 3 is 2.63 bits per heavy atom. The van der Waals surface area contributed by atoms with Crippen molar-refractivity contribution in [3.8, 4) is 0 Å². The summed E-state index contributed by atoms with van der Waals surface area (Å²) in [6, 6.07) is 11.5. The molecule has 3 heterocycles. The third-order valence-corrected chi connectivity index (χ3v) is 8.94. The van der Waals surface area contributed by atoms with Gasteiger partial charge in [-0.2, -0.15) is 0 Å². The van der Waals surface area contributed by atoms with Crippen molar-refractivity contribution in [1.82, 2.24) is 9.62 Å². The van der Waals surface area contributed by atoms with Crippen LogP contribution < -0.4 is 5.32 Å². The standard InChI is InChI=1S/C22H28N2O4S2/c1-17-4-6-18(7-5-17)15-30(26,27)24-14-20(22(16-24)8-10-28-11-9-22)21(25)23-13-19-3-2-12-29-19/h2-7,12,20H,8-11,13-16H2,1H3,(H,23,25)/t20-/m0/s1. The summed E-state index contributed by atoms with van der Waals surface area (Å²) in [5.41, 5.74) is 1.52. The average Bonchev–Trinajstić information content (AvgIpc) is 3.37. The largest absolute Gasteiger partial charge is 0.381 e. The van der Waals surface area contributed by atoms with Crippen molar-refractivity contribution in [3.05, 3.63) is 57.8 Å². The molecule has 0 bridgehead atoms. The third kappa shape index (κ3) is 4.61. The first-order valence-corrected chi connectivity index (χ1v) is 12.8. The van der Waals surface area contributed by atoms with Crippen LogP contribution in [-0.2, 0) is 31.9 Å². The van der Waals surface area contributed by atoms with Crippen LogP contribution in [0.3, 0.4) is 0 Å². The molecule has 1 amide bonds. The van der Waals surface area contributed by atoms with E-state index >= 15 is 0 Å². The Bertz CT molecular complexity index is 965. The van der Waals surface area contributed by atoms with E-state index in [1.54, 1.807) is 11.3 Å². The molecule has 162 valence electrons. The zero-order chi connectivity index (χ0) is 21.2. The number of rotatable bonds is 6. The summed E-state index contributed by atoms with van der Waals surface area (Å²) >= 11 is 1.60. The van der Waals surface area contributed by atoms with Gasteiger partial charge in [0.2, 0.25) is 15.9 Å². The number of benzene rings is 1. The Hall–Kier alpha value is -1.74. The molecule has 8 heteroatoms. The number of hydrogen-bond acceptors (Lipinski definition) is 5. The highest BCUT2D eigenvalue weighted by Crippen LogP contribution is 2.45. The van der Waals surface area contributed by atoms with Gasteiger partial charge in [0.15, 0.2) is 0 Å². The minimum Gasteiger partial charge on any atom is -0.381 e. The van der Waals surface area contributed by atoms with Crippen molar-refractivity contribution in [1.29, 1.82) is 0 Å². The Labute approximate surface area is 182 Å². The number of aryl methyl sites for hydroxylation is 1. The third-order valence-electron chi connectivity index (χ3n) is 6.30. The Morgan fingerprint density at radius 1 is 1.23 bits per heavy atom. The summed E-state index contributed by atoms with van der Waals surface area (Å²) in [7, 11) is -3.51. The molecule has 30 heavy (non-hydrogen) atoms. The van der Waals surface area contributed by atoms with Gasteiger partial charge in [-0.15, -0.1) is 11.3 Å². The summed E-state index contributed by atoms with van der Waals surface area (Å²) in [5, 5.41) is 5.02. The first-order chi connectivity index (χ1) is 14.4. The second-order valence-corrected chi connectivity index (χ2v) is 11.4. The van der Waals surface area contributed by atoms with Crippen LogP contribution in [0.15, 0.2) is 41.8 Å². The second-order valence-electron chi connectivity index (χ2n) is 8.36. The number of nitrogens with one attached hydrogen (secondary N) is 1. The van der Waals surface area contributed by atoms with Crippen LogP contribution in [0, 0.1) is 18.3 Å². The maximum atomic E-state index is 13.2. The minimum absolute atomic E-state index is 0.0383. The van der Waals surface area contributed by atoms with Crippen LogP contribution >= 0.6 is 11.3 Å². The van der Waals surface area contributed by atoms with Crippen molar-refractivity contribution in [2.45, 2.75) is 32.1 Å². The first-order valence-electron chi connectivity index (χ1n) is 10.3.